The first-order chi connectivity index (χ1) is 9.24. The van der Waals surface area contributed by atoms with Crippen molar-refractivity contribution in [3.8, 4) is 17.6 Å². The van der Waals surface area contributed by atoms with E-state index in [0.717, 1.165) is 23.5 Å². The van der Waals surface area contributed by atoms with E-state index in [1.807, 2.05) is 6.92 Å². The van der Waals surface area contributed by atoms with E-state index in [-0.39, 0.29) is 0 Å². The Morgan fingerprint density at radius 2 is 2.16 bits per heavy atom. The van der Waals surface area contributed by atoms with Crippen LogP contribution < -0.4 is 4.74 Å². The van der Waals surface area contributed by atoms with Gasteiger partial charge in [0.25, 0.3) is 0 Å². The number of methoxy groups -OCH3 is 1. The van der Waals surface area contributed by atoms with Gasteiger partial charge in [0.1, 0.15) is 5.75 Å². The van der Waals surface area contributed by atoms with E-state index in [1.165, 1.54) is 24.8 Å². The number of ether oxygens (including phenoxy) is 1. The summed E-state index contributed by atoms with van der Waals surface area (Å²) in [6.45, 7) is 4.36. The third-order valence-corrected chi connectivity index (χ3v) is 5.16. The predicted octanol–water partition coefficient (Wildman–Crippen LogP) is 4.02. The van der Waals surface area contributed by atoms with E-state index < -0.39 is 0 Å². The first-order valence-electron chi connectivity index (χ1n) is 7.33. The van der Waals surface area contributed by atoms with Crippen molar-refractivity contribution in [3.63, 3.8) is 0 Å². The summed E-state index contributed by atoms with van der Waals surface area (Å²) in [5.74, 6) is 10.4. The fraction of sp³-hybridized carbons (Fsp3) is 0.556. The molecule has 4 atom stereocenters. The van der Waals surface area contributed by atoms with Crippen LogP contribution >= 0.6 is 0 Å². The number of fused-ring (bicyclic) bond motifs is 3. The Bertz CT molecular complexity index is 534. The van der Waals surface area contributed by atoms with Crippen molar-refractivity contribution in [2.24, 2.45) is 17.8 Å². The molecule has 0 radical (unpaired) electrons. The third-order valence-electron chi connectivity index (χ3n) is 5.16. The molecule has 1 aromatic carbocycles. The number of benzene rings is 1. The number of rotatable bonds is 1. The molecule has 0 aromatic heterocycles. The molecule has 100 valence electrons. The average Bonchev–Trinajstić information content (AvgIpc) is 2.76. The molecule has 3 rings (SSSR count). The van der Waals surface area contributed by atoms with Crippen LogP contribution in [-0.4, -0.2) is 7.11 Å². The summed E-state index contributed by atoms with van der Waals surface area (Å²) in [4.78, 5) is 0. The maximum Gasteiger partial charge on any atom is 0.119 e. The Morgan fingerprint density at radius 1 is 1.32 bits per heavy atom. The first kappa shape index (κ1) is 12.6. The molecule has 0 heterocycles. The maximum absolute atomic E-state index is 5.35. The van der Waals surface area contributed by atoms with Crippen LogP contribution in [0.4, 0.5) is 0 Å². The van der Waals surface area contributed by atoms with Gasteiger partial charge in [0.05, 0.1) is 7.11 Å². The minimum atomic E-state index is 0.591. The monoisotopic (exact) mass is 254 g/mol. The second-order valence-electron chi connectivity index (χ2n) is 5.97. The maximum atomic E-state index is 5.35. The Kier molecular flexibility index (Phi) is 3.27. The van der Waals surface area contributed by atoms with Gasteiger partial charge in [-0.1, -0.05) is 18.9 Å². The molecule has 1 heteroatoms. The molecule has 0 bridgehead atoms. The van der Waals surface area contributed by atoms with E-state index in [0.29, 0.717) is 5.92 Å². The molecule has 0 aliphatic heterocycles. The van der Waals surface area contributed by atoms with Crippen LogP contribution in [0.25, 0.3) is 0 Å². The molecular formula is C18H22O. The molecule has 2 aliphatic rings. The molecule has 19 heavy (non-hydrogen) atoms. The smallest absolute Gasteiger partial charge is 0.119 e. The van der Waals surface area contributed by atoms with Gasteiger partial charge in [0.2, 0.25) is 0 Å². The summed E-state index contributed by atoms with van der Waals surface area (Å²) in [5, 5.41) is 0. The third kappa shape index (κ3) is 2.04. The molecule has 1 saturated carbocycles. The van der Waals surface area contributed by atoms with Crippen molar-refractivity contribution in [2.45, 2.75) is 39.0 Å². The van der Waals surface area contributed by atoms with Crippen molar-refractivity contribution in [2.75, 3.05) is 7.11 Å². The first-order valence-corrected chi connectivity index (χ1v) is 7.33. The van der Waals surface area contributed by atoms with Crippen LogP contribution in [0.5, 0.6) is 5.75 Å². The highest BCUT2D eigenvalue weighted by Gasteiger charge is 2.42. The molecule has 1 nitrogen and oxygen atoms in total. The average molecular weight is 254 g/mol. The second-order valence-corrected chi connectivity index (χ2v) is 5.97. The molecule has 1 fully saturated rings. The molecule has 2 aliphatic carbocycles. The zero-order chi connectivity index (χ0) is 13.4. The minimum Gasteiger partial charge on any atom is -0.497 e. The van der Waals surface area contributed by atoms with E-state index in [1.54, 1.807) is 12.7 Å². The lowest BCUT2D eigenvalue weighted by atomic mass is 9.74. The molecular weight excluding hydrogens is 232 g/mol. The SMILES string of the molecule is CC#C[C@@H]1C[C@@H]2c3ccc(OC)cc3CC[C@H]2[C@@H]1C. The van der Waals surface area contributed by atoms with E-state index in [9.17, 15) is 0 Å². The van der Waals surface area contributed by atoms with E-state index >= 15 is 0 Å². The van der Waals surface area contributed by atoms with Crippen molar-refractivity contribution in [1.82, 2.24) is 0 Å². The molecule has 0 saturated heterocycles. The molecule has 1 aromatic rings. The summed E-state index contributed by atoms with van der Waals surface area (Å²) in [5.41, 5.74) is 3.06. The minimum absolute atomic E-state index is 0.591. The van der Waals surface area contributed by atoms with Gasteiger partial charge in [-0.3, -0.25) is 0 Å². The van der Waals surface area contributed by atoms with E-state index in [4.69, 9.17) is 4.74 Å². The molecule has 0 amide bonds. The summed E-state index contributed by atoms with van der Waals surface area (Å²) in [6, 6.07) is 6.64. The topological polar surface area (TPSA) is 9.23 Å². The van der Waals surface area contributed by atoms with Crippen molar-refractivity contribution < 1.29 is 4.74 Å². The van der Waals surface area contributed by atoms with Crippen molar-refractivity contribution in [3.05, 3.63) is 29.3 Å². The fourth-order valence-corrected chi connectivity index (χ4v) is 4.13. The van der Waals surface area contributed by atoms with Gasteiger partial charge in [-0.15, -0.1) is 5.92 Å². The number of hydrogen-bond acceptors (Lipinski definition) is 1. The summed E-state index contributed by atoms with van der Waals surface area (Å²) < 4.78 is 5.35. The van der Waals surface area contributed by atoms with Gasteiger partial charge in [-0.05, 0) is 67.2 Å². The highest BCUT2D eigenvalue weighted by atomic mass is 16.5. The van der Waals surface area contributed by atoms with Gasteiger partial charge in [-0.25, -0.2) is 0 Å². The summed E-state index contributed by atoms with van der Waals surface area (Å²) >= 11 is 0. The Morgan fingerprint density at radius 3 is 2.89 bits per heavy atom. The number of hydrogen-bond donors (Lipinski definition) is 0. The summed E-state index contributed by atoms with van der Waals surface area (Å²) in [7, 11) is 1.75. The molecule has 0 unspecified atom stereocenters. The lowest BCUT2D eigenvalue weighted by Gasteiger charge is -2.30. The van der Waals surface area contributed by atoms with Crippen molar-refractivity contribution >= 4 is 0 Å². The highest BCUT2D eigenvalue weighted by Crippen LogP contribution is 2.52. The zero-order valence-electron chi connectivity index (χ0n) is 12.1. The quantitative estimate of drug-likeness (QED) is 0.688. The lowest BCUT2D eigenvalue weighted by molar-refractivity contribution is 0.328. The Balaban J connectivity index is 1.94. The highest BCUT2D eigenvalue weighted by molar-refractivity contribution is 5.41. The predicted molar refractivity (Wildman–Crippen MR) is 78.3 cm³/mol. The summed E-state index contributed by atoms with van der Waals surface area (Å²) in [6.07, 6.45) is 3.75. The normalized spacial score (nSPS) is 31.9. The van der Waals surface area contributed by atoms with Crippen LogP contribution in [-0.2, 0) is 6.42 Å². The zero-order valence-corrected chi connectivity index (χ0v) is 12.1. The Hall–Kier alpha value is -1.42. The molecule has 0 spiro atoms. The van der Waals surface area contributed by atoms with E-state index in [2.05, 4.69) is 37.0 Å². The van der Waals surface area contributed by atoms with Gasteiger partial charge < -0.3 is 4.74 Å². The van der Waals surface area contributed by atoms with Crippen LogP contribution in [0.1, 0.15) is 43.7 Å². The van der Waals surface area contributed by atoms with Gasteiger partial charge in [-0.2, -0.15) is 0 Å². The van der Waals surface area contributed by atoms with Gasteiger partial charge in [0, 0.05) is 5.92 Å². The van der Waals surface area contributed by atoms with Gasteiger partial charge in [0.15, 0.2) is 0 Å². The van der Waals surface area contributed by atoms with Crippen molar-refractivity contribution in [1.29, 1.82) is 0 Å². The van der Waals surface area contributed by atoms with Crippen LogP contribution in [0.2, 0.25) is 0 Å². The van der Waals surface area contributed by atoms with Gasteiger partial charge >= 0.3 is 0 Å². The number of aryl methyl sites for hydroxylation is 1. The van der Waals surface area contributed by atoms with Crippen LogP contribution in [0, 0.1) is 29.6 Å². The standard InChI is InChI=1S/C18H22O/c1-4-5-13-11-18-16(12(13)2)8-6-14-10-15(19-3)7-9-17(14)18/h7,9-10,12-13,16,18H,6,8,11H2,1-3H3/t12-,13-,16+,18+/m1/s1. The fourth-order valence-electron chi connectivity index (χ4n) is 4.13. The van der Waals surface area contributed by atoms with Crippen LogP contribution in [0.15, 0.2) is 18.2 Å². The lowest BCUT2D eigenvalue weighted by Crippen LogP contribution is -2.20. The second kappa shape index (κ2) is 4.93. The molecule has 0 N–H and O–H groups in total. The Labute approximate surface area is 116 Å². The van der Waals surface area contributed by atoms with Crippen LogP contribution in [0.3, 0.4) is 0 Å². The largest absolute Gasteiger partial charge is 0.497 e.